The highest BCUT2D eigenvalue weighted by atomic mass is 16.3. The van der Waals surface area contributed by atoms with Gasteiger partial charge in [0.05, 0.1) is 12.1 Å². The van der Waals surface area contributed by atoms with Crippen molar-refractivity contribution in [2.24, 2.45) is 0 Å². The van der Waals surface area contributed by atoms with E-state index in [9.17, 15) is 4.79 Å². The zero-order valence-electron chi connectivity index (χ0n) is 13.2. The van der Waals surface area contributed by atoms with E-state index in [1.165, 1.54) is 6.26 Å². The highest BCUT2D eigenvalue weighted by Crippen LogP contribution is 2.19. The van der Waals surface area contributed by atoms with Gasteiger partial charge >= 0.3 is 0 Å². The molecule has 0 atom stereocenters. The van der Waals surface area contributed by atoms with E-state index in [0.717, 1.165) is 22.4 Å². The van der Waals surface area contributed by atoms with Crippen LogP contribution in [0.15, 0.2) is 59.2 Å². The van der Waals surface area contributed by atoms with Crippen molar-refractivity contribution >= 4 is 11.6 Å². The molecule has 0 bridgehead atoms. The van der Waals surface area contributed by atoms with Gasteiger partial charge in [0.1, 0.15) is 6.26 Å². The summed E-state index contributed by atoms with van der Waals surface area (Å²) in [6, 6.07) is 15.6. The van der Waals surface area contributed by atoms with E-state index < -0.39 is 0 Å². The number of anilines is 1. The minimum atomic E-state index is -0.105. The van der Waals surface area contributed by atoms with Gasteiger partial charge in [0.2, 0.25) is 11.8 Å². The molecule has 1 aromatic heterocycles. The van der Waals surface area contributed by atoms with Crippen LogP contribution in [-0.4, -0.2) is 10.9 Å². The third-order valence-electron chi connectivity index (χ3n) is 3.58. The Morgan fingerprint density at radius 1 is 1.13 bits per heavy atom. The summed E-state index contributed by atoms with van der Waals surface area (Å²) in [6.45, 7) is 3.97. The quantitative estimate of drug-likeness (QED) is 0.788. The number of rotatable bonds is 4. The first-order valence-electron chi connectivity index (χ1n) is 7.49. The van der Waals surface area contributed by atoms with Gasteiger partial charge in [-0.2, -0.15) is 0 Å². The molecule has 0 saturated heterocycles. The van der Waals surface area contributed by atoms with Crippen molar-refractivity contribution in [1.82, 2.24) is 4.98 Å². The molecule has 0 fully saturated rings. The molecule has 2 aromatic carbocycles. The molecule has 116 valence electrons. The van der Waals surface area contributed by atoms with E-state index in [1.807, 2.05) is 62.4 Å². The van der Waals surface area contributed by atoms with Crippen molar-refractivity contribution in [1.29, 1.82) is 0 Å². The number of nitrogens with zero attached hydrogens (tertiary/aromatic N) is 1. The van der Waals surface area contributed by atoms with E-state index in [1.54, 1.807) is 0 Å². The lowest BCUT2D eigenvalue weighted by Gasteiger charge is -2.08. The van der Waals surface area contributed by atoms with Crippen LogP contribution < -0.4 is 5.32 Å². The maximum atomic E-state index is 12.2. The van der Waals surface area contributed by atoms with Gasteiger partial charge in [-0.3, -0.25) is 4.79 Å². The number of carbonyl (C=O) groups is 1. The largest absolute Gasteiger partial charge is 0.444 e. The summed E-state index contributed by atoms with van der Waals surface area (Å²) >= 11 is 0. The molecule has 0 aliphatic heterocycles. The van der Waals surface area contributed by atoms with Gasteiger partial charge < -0.3 is 9.73 Å². The van der Waals surface area contributed by atoms with E-state index in [4.69, 9.17) is 4.42 Å². The van der Waals surface area contributed by atoms with Gasteiger partial charge in [-0.05, 0) is 43.2 Å². The highest BCUT2D eigenvalue weighted by Gasteiger charge is 2.11. The summed E-state index contributed by atoms with van der Waals surface area (Å²) in [7, 11) is 0. The Morgan fingerprint density at radius 2 is 1.91 bits per heavy atom. The summed E-state index contributed by atoms with van der Waals surface area (Å²) < 4.78 is 5.45. The number of oxazole rings is 1. The summed E-state index contributed by atoms with van der Waals surface area (Å²) in [5.74, 6) is 0.423. The first-order valence-corrected chi connectivity index (χ1v) is 7.49. The minimum absolute atomic E-state index is 0.105. The van der Waals surface area contributed by atoms with Crippen LogP contribution in [0.4, 0.5) is 5.69 Å². The lowest BCUT2D eigenvalue weighted by molar-refractivity contribution is -0.115. The minimum Gasteiger partial charge on any atom is -0.444 e. The molecule has 0 saturated carbocycles. The van der Waals surface area contributed by atoms with Crippen molar-refractivity contribution in [2.75, 3.05) is 5.32 Å². The van der Waals surface area contributed by atoms with Gasteiger partial charge in [0.15, 0.2) is 0 Å². The fraction of sp³-hybridized carbons (Fsp3) is 0.158. The Hall–Kier alpha value is -2.88. The van der Waals surface area contributed by atoms with E-state index in [0.29, 0.717) is 11.6 Å². The standard InChI is InChI=1S/C19H18N2O2/c1-13-8-9-14(2)17(10-13)21-18(22)11-16-12-23-19(20-16)15-6-4-3-5-7-15/h3-10,12H,11H2,1-2H3,(H,21,22). The molecule has 0 aliphatic carbocycles. The Bertz CT molecular complexity index is 822. The predicted octanol–water partition coefficient (Wildman–Crippen LogP) is 4.14. The number of amides is 1. The van der Waals surface area contributed by atoms with Gasteiger partial charge in [0, 0.05) is 11.3 Å². The molecule has 23 heavy (non-hydrogen) atoms. The maximum absolute atomic E-state index is 12.2. The highest BCUT2D eigenvalue weighted by molar-refractivity contribution is 5.92. The second-order valence-electron chi connectivity index (χ2n) is 5.55. The average molecular weight is 306 g/mol. The van der Waals surface area contributed by atoms with Crippen LogP contribution >= 0.6 is 0 Å². The van der Waals surface area contributed by atoms with Gasteiger partial charge in [-0.15, -0.1) is 0 Å². The van der Waals surface area contributed by atoms with Crippen LogP contribution in [0.3, 0.4) is 0 Å². The lowest BCUT2D eigenvalue weighted by atomic mass is 10.1. The lowest BCUT2D eigenvalue weighted by Crippen LogP contribution is -2.15. The zero-order valence-corrected chi connectivity index (χ0v) is 13.2. The number of aromatic nitrogens is 1. The van der Waals surface area contributed by atoms with Crippen molar-refractivity contribution in [2.45, 2.75) is 20.3 Å². The van der Waals surface area contributed by atoms with Crippen molar-refractivity contribution < 1.29 is 9.21 Å². The van der Waals surface area contributed by atoms with Crippen LogP contribution in [0.2, 0.25) is 0 Å². The molecule has 3 rings (SSSR count). The molecule has 4 heteroatoms. The number of carbonyl (C=O) groups excluding carboxylic acids is 1. The summed E-state index contributed by atoms with van der Waals surface area (Å²) in [5, 5.41) is 2.93. The Balaban J connectivity index is 1.69. The number of nitrogens with one attached hydrogen (secondary N) is 1. The maximum Gasteiger partial charge on any atom is 0.230 e. The third-order valence-corrected chi connectivity index (χ3v) is 3.58. The second-order valence-corrected chi connectivity index (χ2v) is 5.55. The fourth-order valence-electron chi connectivity index (χ4n) is 2.33. The predicted molar refractivity (Wildman–Crippen MR) is 90.2 cm³/mol. The Kier molecular flexibility index (Phi) is 4.24. The van der Waals surface area contributed by atoms with Gasteiger partial charge in [-0.25, -0.2) is 4.98 Å². The molecule has 0 spiro atoms. The molecule has 1 heterocycles. The zero-order chi connectivity index (χ0) is 16.2. The van der Waals surface area contributed by atoms with Crippen LogP contribution in [0.1, 0.15) is 16.8 Å². The van der Waals surface area contributed by atoms with E-state index >= 15 is 0 Å². The molecule has 4 nitrogen and oxygen atoms in total. The second kappa shape index (κ2) is 6.48. The fourth-order valence-corrected chi connectivity index (χ4v) is 2.33. The van der Waals surface area contributed by atoms with Crippen LogP contribution in [0, 0.1) is 13.8 Å². The van der Waals surface area contributed by atoms with E-state index in [2.05, 4.69) is 10.3 Å². The van der Waals surface area contributed by atoms with Crippen molar-refractivity contribution in [3.8, 4) is 11.5 Å². The average Bonchev–Trinajstić information content (AvgIpc) is 3.00. The van der Waals surface area contributed by atoms with Crippen molar-refractivity contribution in [3.05, 3.63) is 71.6 Å². The number of hydrogen-bond donors (Lipinski definition) is 1. The number of aryl methyl sites for hydroxylation is 2. The van der Waals surface area contributed by atoms with Gasteiger partial charge in [-0.1, -0.05) is 30.3 Å². The summed E-state index contributed by atoms with van der Waals surface area (Å²) in [5.41, 5.74) is 4.50. The summed E-state index contributed by atoms with van der Waals surface area (Å²) in [4.78, 5) is 16.6. The number of hydrogen-bond acceptors (Lipinski definition) is 3. The van der Waals surface area contributed by atoms with Crippen LogP contribution in [0.5, 0.6) is 0 Å². The molecule has 0 unspecified atom stereocenters. The monoisotopic (exact) mass is 306 g/mol. The molecule has 1 amide bonds. The number of benzene rings is 2. The van der Waals surface area contributed by atoms with Crippen molar-refractivity contribution in [3.63, 3.8) is 0 Å². The van der Waals surface area contributed by atoms with Crippen LogP contribution in [0.25, 0.3) is 11.5 Å². The summed E-state index contributed by atoms with van der Waals surface area (Å²) in [6.07, 6.45) is 1.72. The van der Waals surface area contributed by atoms with Crippen LogP contribution in [-0.2, 0) is 11.2 Å². The van der Waals surface area contributed by atoms with Gasteiger partial charge in [0.25, 0.3) is 0 Å². The molecule has 0 aliphatic rings. The normalized spacial score (nSPS) is 10.5. The smallest absolute Gasteiger partial charge is 0.230 e. The molecule has 3 aromatic rings. The molecule has 1 N–H and O–H groups in total. The molecule has 0 radical (unpaired) electrons. The third kappa shape index (κ3) is 3.66. The topological polar surface area (TPSA) is 55.1 Å². The van der Waals surface area contributed by atoms with E-state index in [-0.39, 0.29) is 12.3 Å². The first kappa shape index (κ1) is 15.0. The first-order chi connectivity index (χ1) is 11.1. The Morgan fingerprint density at radius 3 is 2.70 bits per heavy atom. The molecular weight excluding hydrogens is 288 g/mol. The molecular formula is C19H18N2O2. The SMILES string of the molecule is Cc1ccc(C)c(NC(=O)Cc2coc(-c3ccccc3)n2)c1. The Labute approximate surface area is 135 Å².